The van der Waals surface area contributed by atoms with Crippen LogP contribution in [0, 0.1) is 23.1 Å². The number of hydrogen-bond acceptors (Lipinski definition) is 3. The third-order valence-electron chi connectivity index (χ3n) is 8.62. The molecule has 34 heavy (non-hydrogen) atoms. The Kier molecular flexibility index (Phi) is 5.78. The summed E-state index contributed by atoms with van der Waals surface area (Å²) in [6.07, 6.45) is 10.5. The molecule has 1 saturated carbocycles. The van der Waals surface area contributed by atoms with E-state index in [0.717, 1.165) is 43.4 Å². The van der Waals surface area contributed by atoms with Gasteiger partial charge >= 0.3 is 5.97 Å². The number of fused-ring (bicyclic) bond motifs is 5. The smallest absolute Gasteiger partial charge is 0.303 e. The molecule has 0 saturated heterocycles. The van der Waals surface area contributed by atoms with Crippen LogP contribution < -0.4 is 4.90 Å². The lowest BCUT2D eigenvalue weighted by Gasteiger charge is -2.50. The van der Waals surface area contributed by atoms with Crippen LogP contribution in [-0.4, -0.2) is 29.0 Å². The largest absolute Gasteiger partial charge is 0.481 e. The summed E-state index contributed by atoms with van der Waals surface area (Å²) < 4.78 is 13.9. The number of benzene rings is 1. The Morgan fingerprint density at radius 3 is 2.79 bits per heavy atom. The minimum atomic E-state index is -0.958. The Labute approximate surface area is 199 Å². The first-order valence-electron chi connectivity index (χ1n) is 12.2. The van der Waals surface area contributed by atoms with Crippen molar-refractivity contribution in [3.8, 4) is 0 Å². The average Bonchev–Trinajstić information content (AvgIpc) is 3.18. The summed E-state index contributed by atoms with van der Waals surface area (Å²) in [5.74, 6) is 0.205. The highest BCUT2D eigenvalue weighted by atomic mass is 19.1. The van der Waals surface area contributed by atoms with Gasteiger partial charge in [0.1, 0.15) is 5.82 Å². The van der Waals surface area contributed by atoms with Crippen molar-refractivity contribution in [1.82, 2.24) is 4.98 Å². The number of aromatic nitrogens is 1. The quantitative estimate of drug-likeness (QED) is 0.628. The molecule has 1 N–H and O–H groups in total. The summed E-state index contributed by atoms with van der Waals surface area (Å²) in [5.41, 5.74) is 5.75. The van der Waals surface area contributed by atoms with E-state index in [-0.39, 0.29) is 30.0 Å². The normalized spacial score (nSPS) is 27.3. The predicted octanol–water partition coefficient (Wildman–Crippen LogP) is 5.60. The van der Waals surface area contributed by atoms with Gasteiger partial charge in [0, 0.05) is 25.4 Å². The zero-order valence-corrected chi connectivity index (χ0v) is 19.8. The first kappa shape index (κ1) is 22.8. The van der Waals surface area contributed by atoms with E-state index in [1.165, 1.54) is 22.9 Å². The molecule has 6 heteroatoms. The third-order valence-corrected chi connectivity index (χ3v) is 8.62. The number of halogens is 1. The van der Waals surface area contributed by atoms with Crippen molar-refractivity contribution in [1.29, 1.82) is 0 Å². The molecule has 0 unspecified atom stereocenters. The van der Waals surface area contributed by atoms with Crippen LogP contribution in [0.2, 0.25) is 0 Å². The van der Waals surface area contributed by atoms with Crippen molar-refractivity contribution in [2.24, 2.45) is 17.3 Å². The summed E-state index contributed by atoms with van der Waals surface area (Å²) in [5, 5.41) is 8.86. The molecule has 0 aliphatic heterocycles. The number of pyridine rings is 1. The van der Waals surface area contributed by atoms with Gasteiger partial charge in [-0.1, -0.05) is 19.1 Å². The van der Waals surface area contributed by atoms with Crippen LogP contribution in [0.4, 0.5) is 10.1 Å². The molecule has 5 nitrogen and oxygen atoms in total. The number of aliphatic carboxylic acids is 1. The van der Waals surface area contributed by atoms with Gasteiger partial charge in [0.15, 0.2) is 0 Å². The maximum atomic E-state index is 13.9. The second-order valence-electron chi connectivity index (χ2n) is 10.3. The van der Waals surface area contributed by atoms with E-state index in [1.54, 1.807) is 24.2 Å². The molecule has 0 spiro atoms. The van der Waals surface area contributed by atoms with Crippen molar-refractivity contribution in [2.75, 3.05) is 11.9 Å². The molecule has 4 atom stereocenters. The van der Waals surface area contributed by atoms with E-state index >= 15 is 0 Å². The number of rotatable bonds is 5. The number of amides is 1. The fourth-order valence-corrected chi connectivity index (χ4v) is 6.88. The second-order valence-corrected chi connectivity index (χ2v) is 10.3. The Bertz CT molecular complexity index is 1180. The molecule has 3 aliphatic rings. The van der Waals surface area contributed by atoms with Crippen LogP contribution in [0.15, 0.2) is 42.7 Å². The van der Waals surface area contributed by atoms with Gasteiger partial charge in [0.05, 0.1) is 12.6 Å². The number of allylic oxidation sites excluding steroid dienone is 2. The van der Waals surface area contributed by atoms with Crippen molar-refractivity contribution >= 4 is 23.1 Å². The number of aryl methyl sites for hydroxylation is 1. The van der Waals surface area contributed by atoms with E-state index in [0.29, 0.717) is 17.8 Å². The molecule has 2 aromatic rings. The SMILES string of the molecule is CN(C(=O)CCC(=O)O)c1ccc2c(c1)CC[C@@H]1[C@@H]2CC[C@]2(C)C(c3cncc(F)c3)=CC[C@@H]12. The van der Waals surface area contributed by atoms with Gasteiger partial charge in [-0.2, -0.15) is 0 Å². The minimum absolute atomic E-state index is 0.00401. The molecule has 1 aromatic carbocycles. The van der Waals surface area contributed by atoms with Crippen molar-refractivity contribution in [3.05, 3.63) is 65.2 Å². The Morgan fingerprint density at radius 2 is 2.03 bits per heavy atom. The Morgan fingerprint density at radius 1 is 1.21 bits per heavy atom. The molecule has 3 aliphatic carbocycles. The summed E-state index contributed by atoms with van der Waals surface area (Å²) >= 11 is 0. The number of carboxylic acid groups (broad SMARTS) is 1. The predicted molar refractivity (Wildman–Crippen MR) is 129 cm³/mol. The number of carbonyl (C=O) groups excluding carboxylic acids is 1. The van der Waals surface area contributed by atoms with Crippen LogP contribution in [0.3, 0.4) is 0 Å². The monoisotopic (exact) mass is 462 g/mol. The summed E-state index contributed by atoms with van der Waals surface area (Å²) in [4.78, 5) is 28.9. The number of carboxylic acids is 1. The second kappa shape index (κ2) is 8.64. The maximum absolute atomic E-state index is 13.9. The van der Waals surface area contributed by atoms with Crippen LogP contribution >= 0.6 is 0 Å². The van der Waals surface area contributed by atoms with Crippen LogP contribution in [0.5, 0.6) is 0 Å². The molecule has 1 fully saturated rings. The highest BCUT2D eigenvalue weighted by molar-refractivity contribution is 5.94. The first-order valence-corrected chi connectivity index (χ1v) is 12.2. The maximum Gasteiger partial charge on any atom is 0.303 e. The zero-order chi connectivity index (χ0) is 24.0. The lowest BCUT2D eigenvalue weighted by molar-refractivity contribution is -0.138. The molecule has 178 valence electrons. The van der Waals surface area contributed by atoms with Crippen molar-refractivity contribution < 1.29 is 19.1 Å². The van der Waals surface area contributed by atoms with Crippen LogP contribution in [0.25, 0.3) is 5.57 Å². The topological polar surface area (TPSA) is 70.5 Å². The molecule has 1 aromatic heterocycles. The lowest BCUT2D eigenvalue weighted by Crippen LogP contribution is -2.41. The highest BCUT2D eigenvalue weighted by Crippen LogP contribution is 2.63. The van der Waals surface area contributed by atoms with E-state index in [2.05, 4.69) is 30.1 Å². The zero-order valence-electron chi connectivity index (χ0n) is 19.8. The van der Waals surface area contributed by atoms with Gasteiger partial charge in [-0.25, -0.2) is 4.39 Å². The van der Waals surface area contributed by atoms with Gasteiger partial charge in [-0.05, 0) is 95.7 Å². The van der Waals surface area contributed by atoms with E-state index in [4.69, 9.17) is 5.11 Å². The number of anilines is 1. The van der Waals surface area contributed by atoms with Crippen molar-refractivity contribution in [3.63, 3.8) is 0 Å². The number of carbonyl (C=O) groups is 2. The average molecular weight is 463 g/mol. The van der Waals surface area contributed by atoms with Gasteiger partial charge in [0.2, 0.25) is 5.91 Å². The van der Waals surface area contributed by atoms with Crippen LogP contribution in [0.1, 0.15) is 68.1 Å². The van der Waals surface area contributed by atoms with Crippen molar-refractivity contribution in [2.45, 2.75) is 57.8 Å². The molecular weight excluding hydrogens is 431 g/mol. The van der Waals surface area contributed by atoms with Gasteiger partial charge < -0.3 is 10.0 Å². The molecule has 0 bridgehead atoms. The Hall–Kier alpha value is -3.02. The summed E-state index contributed by atoms with van der Waals surface area (Å²) in [7, 11) is 1.72. The summed E-state index contributed by atoms with van der Waals surface area (Å²) in [6, 6.07) is 7.93. The fraction of sp³-hybridized carbons (Fsp3) is 0.464. The van der Waals surface area contributed by atoms with E-state index in [1.807, 2.05) is 6.07 Å². The van der Waals surface area contributed by atoms with E-state index < -0.39 is 5.97 Å². The standard InChI is InChI=1S/C28H31FN2O3/c1-28-12-11-22-21-6-4-20(31(2)26(32)9-10-27(33)34)14-17(21)3-5-23(22)25(28)8-7-24(28)18-13-19(29)16-30-15-18/h4,6-7,13-16,22-23,25H,3,5,8-12H2,1-2H3,(H,33,34)/t22-,23-,25+,28-/m1/s1. The van der Waals surface area contributed by atoms with Gasteiger partial charge in [-0.15, -0.1) is 0 Å². The van der Waals surface area contributed by atoms with Gasteiger partial charge in [-0.3, -0.25) is 14.6 Å². The minimum Gasteiger partial charge on any atom is -0.481 e. The molecule has 1 amide bonds. The number of hydrogen-bond donors (Lipinski definition) is 1. The molecule has 5 rings (SSSR count). The van der Waals surface area contributed by atoms with E-state index in [9.17, 15) is 14.0 Å². The molecule has 0 radical (unpaired) electrons. The Balaban J connectivity index is 1.36. The molecule has 1 heterocycles. The number of nitrogens with zero attached hydrogens (tertiary/aromatic N) is 2. The first-order chi connectivity index (χ1) is 16.3. The molecular formula is C28H31FN2O3. The summed E-state index contributed by atoms with van der Waals surface area (Å²) in [6.45, 7) is 2.36. The van der Waals surface area contributed by atoms with Crippen LogP contribution in [-0.2, 0) is 16.0 Å². The third kappa shape index (κ3) is 3.83. The van der Waals surface area contributed by atoms with Gasteiger partial charge in [0.25, 0.3) is 0 Å². The highest BCUT2D eigenvalue weighted by Gasteiger charge is 2.52. The fourth-order valence-electron chi connectivity index (χ4n) is 6.88. The lowest BCUT2D eigenvalue weighted by atomic mass is 9.54.